The molecule has 2 aromatic carbocycles. The summed E-state index contributed by atoms with van der Waals surface area (Å²) in [6.07, 6.45) is 1.33. The van der Waals surface area contributed by atoms with Gasteiger partial charge in [0.1, 0.15) is 11.8 Å². The fourth-order valence-electron chi connectivity index (χ4n) is 4.25. The Morgan fingerprint density at radius 1 is 1.03 bits per heavy atom. The lowest BCUT2D eigenvalue weighted by Gasteiger charge is -2.30. The summed E-state index contributed by atoms with van der Waals surface area (Å²) in [6, 6.07) is 11.7. The average Bonchev–Trinajstić information content (AvgIpc) is 3.49. The number of imide groups is 1. The average molecular weight is 466 g/mol. The second-order valence-electron chi connectivity index (χ2n) is 8.15. The van der Waals surface area contributed by atoms with E-state index in [0.29, 0.717) is 29.2 Å². The van der Waals surface area contributed by atoms with Gasteiger partial charge in [-0.1, -0.05) is 0 Å². The lowest BCUT2D eigenvalue weighted by molar-refractivity contribution is -0.122. The van der Waals surface area contributed by atoms with Crippen LogP contribution in [-0.2, 0) is 19.1 Å². The zero-order chi connectivity index (χ0) is 24.2. The Morgan fingerprint density at radius 2 is 1.71 bits per heavy atom. The Labute approximate surface area is 197 Å². The van der Waals surface area contributed by atoms with Gasteiger partial charge in [0.05, 0.1) is 38.0 Å². The highest BCUT2D eigenvalue weighted by Gasteiger charge is 2.45. The van der Waals surface area contributed by atoms with E-state index in [4.69, 9.17) is 9.47 Å². The monoisotopic (exact) mass is 466 g/mol. The molecule has 2 aliphatic rings. The summed E-state index contributed by atoms with van der Waals surface area (Å²) in [5.74, 6) is -1.17. The molecule has 0 radical (unpaired) electrons. The van der Waals surface area contributed by atoms with Crippen molar-refractivity contribution in [3.8, 4) is 5.75 Å². The number of carbonyl (C=O) groups is 4. The summed E-state index contributed by atoms with van der Waals surface area (Å²) in [5.41, 5.74) is 1.02. The molecule has 3 amide bonds. The molecular formula is C25H26N2O7. The van der Waals surface area contributed by atoms with Crippen molar-refractivity contribution >= 4 is 29.4 Å². The maximum absolute atomic E-state index is 13.5. The van der Waals surface area contributed by atoms with Gasteiger partial charge in [-0.25, -0.2) is 9.69 Å². The van der Waals surface area contributed by atoms with E-state index in [2.05, 4.69) is 4.74 Å². The standard InChI is InChI=1S/C25H26N2O7/c1-32-19-11-7-16(8-12-19)23(29)26(15-20-4-3-13-34-20)21-14-22(28)27(24(21)30)18-9-5-17(6-10-18)25(31)33-2/h5-12,20-21H,3-4,13-15H2,1-2H3. The highest BCUT2D eigenvalue weighted by Crippen LogP contribution is 2.28. The van der Waals surface area contributed by atoms with Gasteiger partial charge < -0.3 is 19.1 Å². The molecule has 9 nitrogen and oxygen atoms in total. The number of hydrogen-bond acceptors (Lipinski definition) is 7. The first-order valence-electron chi connectivity index (χ1n) is 11.0. The van der Waals surface area contributed by atoms with Crippen LogP contribution in [0.2, 0.25) is 0 Å². The second kappa shape index (κ2) is 10.0. The molecule has 2 aliphatic heterocycles. The van der Waals surface area contributed by atoms with Crippen LogP contribution in [0.15, 0.2) is 48.5 Å². The van der Waals surface area contributed by atoms with Gasteiger partial charge in [-0.05, 0) is 61.4 Å². The molecule has 0 bridgehead atoms. The summed E-state index contributed by atoms with van der Waals surface area (Å²) in [5, 5.41) is 0. The third-order valence-corrected chi connectivity index (χ3v) is 6.07. The summed E-state index contributed by atoms with van der Waals surface area (Å²) < 4.78 is 15.6. The topological polar surface area (TPSA) is 102 Å². The highest BCUT2D eigenvalue weighted by atomic mass is 16.5. The molecule has 2 fully saturated rings. The van der Waals surface area contributed by atoms with Crippen LogP contribution in [0, 0.1) is 0 Å². The van der Waals surface area contributed by atoms with Crippen molar-refractivity contribution in [2.75, 3.05) is 32.3 Å². The molecule has 0 aliphatic carbocycles. The molecule has 2 aromatic rings. The normalized spacial score (nSPS) is 19.9. The number of hydrogen-bond donors (Lipinski definition) is 0. The molecule has 0 N–H and O–H groups in total. The molecule has 0 aromatic heterocycles. The van der Waals surface area contributed by atoms with Gasteiger partial charge in [-0.3, -0.25) is 14.4 Å². The summed E-state index contributed by atoms with van der Waals surface area (Å²) in [7, 11) is 2.81. The first-order chi connectivity index (χ1) is 16.4. The zero-order valence-electron chi connectivity index (χ0n) is 19.1. The van der Waals surface area contributed by atoms with E-state index in [1.54, 1.807) is 24.3 Å². The highest BCUT2D eigenvalue weighted by molar-refractivity contribution is 6.23. The van der Waals surface area contributed by atoms with Crippen LogP contribution in [0.5, 0.6) is 5.75 Å². The molecular weight excluding hydrogens is 440 g/mol. The minimum atomic E-state index is -0.952. The van der Waals surface area contributed by atoms with Gasteiger partial charge in [0.25, 0.3) is 11.8 Å². The SMILES string of the molecule is COC(=O)c1ccc(N2C(=O)CC(N(CC3CCCO3)C(=O)c3ccc(OC)cc3)C2=O)cc1. The predicted molar refractivity (Wildman–Crippen MR) is 122 cm³/mol. The third-order valence-electron chi connectivity index (χ3n) is 6.07. The van der Waals surface area contributed by atoms with E-state index >= 15 is 0 Å². The second-order valence-corrected chi connectivity index (χ2v) is 8.15. The van der Waals surface area contributed by atoms with E-state index < -0.39 is 23.8 Å². The van der Waals surface area contributed by atoms with Gasteiger partial charge in [0.2, 0.25) is 5.91 Å². The molecule has 178 valence electrons. The number of ether oxygens (including phenoxy) is 3. The first-order valence-corrected chi connectivity index (χ1v) is 11.0. The number of anilines is 1. The summed E-state index contributed by atoms with van der Waals surface area (Å²) in [6.45, 7) is 0.815. The van der Waals surface area contributed by atoms with Crippen LogP contribution >= 0.6 is 0 Å². The number of nitrogens with zero attached hydrogens (tertiary/aromatic N) is 2. The van der Waals surface area contributed by atoms with Crippen molar-refractivity contribution in [3.05, 3.63) is 59.7 Å². The largest absolute Gasteiger partial charge is 0.497 e. The smallest absolute Gasteiger partial charge is 0.337 e. The summed E-state index contributed by atoms with van der Waals surface area (Å²) >= 11 is 0. The maximum atomic E-state index is 13.5. The van der Waals surface area contributed by atoms with E-state index in [-0.39, 0.29) is 25.0 Å². The van der Waals surface area contributed by atoms with Crippen molar-refractivity contribution in [1.29, 1.82) is 0 Å². The molecule has 2 heterocycles. The zero-order valence-corrected chi connectivity index (χ0v) is 19.1. The van der Waals surface area contributed by atoms with Crippen molar-refractivity contribution < 1.29 is 33.4 Å². The van der Waals surface area contributed by atoms with E-state index in [9.17, 15) is 19.2 Å². The summed E-state index contributed by atoms with van der Waals surface area (Å²) in [4.78, 5) is 54.0. The minimum absolute atomic E-state index is 0.133. The predicted octanol–water partition coefficient (Wildman–Crippen LogP) is 2.44. The van der Waals surface area contributed by atoms with Crippen LogP contribution in [0.3, 0.4) is 0 Å². The van der Waals surface area contributed by atoms with Gasteiger partial charge in [0.15, 0.2) is 0 Å². The molecule has 2 atom stereocenters. The molecule has 4 rings (SSSR count). The van der Waals surface area contributed by atoms with Crippen LogP contribution < -0.4 is 9.64 Å². The lowest BCUT2D eigenvalue weighted by atomic mass is 10.1. The van der Waals surface area contributed by atoms with E-state index in [0.717, 1.165) is 17.7 Å². The van der Waals surface area contributed by atoms with E-state index in [1.165, 1.54) is 43.4 Å². The third kappa shape index (κ3) is 4.65. The Kier molecular flexibility index (Phi) is 6.93. The van der Waals surface area contributed by atoms with Gasteiger partial charge >= 0.3 is 5.97 Å². The van der Waals surface area contributed by atoms with Crippen molar-refractivity contribution in [2.24, 2.45) is 0 Å². The van der Waals surface area contributed by atoms with Crippen LogP contribution in [0.25, 0.3) is 0 Å². The molecule has 2 unspecified atom stereocenters. The Morgan fingerprint density at radius 3 is 2.29 bits per heavy atom. The molecule has 34 heavy (non-hydrogen) atoms. The first kappa shape index (κ1) is 23.4. The maximum Gasteiger partial charge on any atom is 0.337 e. The minimum Gasteiger partial charge on any atom is -0.497 e. The number of rotatable bonds is 7. The van der Waals surface area contributed by atoms with Crippen molar-refractivity contribution in [2.45, 2.75) is 31.4 Å². The van der Waals surface area contributed by atoms with Crippen molar-refractivity contribution in [3.63, 3.8) is 0 Å². The number of esters is 1. The molecule has 2 saturated heterocycles. The number of amides is 3. The number of benzene rings is 2. The fourth-order valence-corrected chi connectivity index (χ4v) is 4.25. The molecule has 0 spiro atoms. The molecule has 0 saturated carbocycles. The Hall–Kier alpha value is -3.72. The van der Waals surface area contributed by atoms with Crippen LogP contribution in [0.4, 0.5) is 5.69 Å². The van der Waals surface area contributed by atoms with Crippen LogP contribution in [0.1, 0.15) is 40.0 Å². The number of methoxy groups -OCH3 is 2. The van der Waals surface area contributed by atoms with Gasteiger partial charge in [-0.2, -0.15) is 0 Å². The van der Waals surface area contributed by atoms with Crippen molar-refractivity contribution in [1.82, 2.24) is 4.90 Å². The Balaban J connectivity index is 1.60. The number of carbonyl (C=O) groups excluding carboxylic acids is 4. The quantitative estimate of drug-likeness (QED) is 0.456. The Bertz CT molecular complexity index is 1080. The van der Waals surface area contributed by atoms with Crippen LogP contribution in [-0.4, -0.2) is 68.1 Å². The van der Waals surface area contributed by atoms with E-state index in [1.807, 2.05) is 0 Å². The molecule has 9 heteroatoms. The lowest BCUT2D eigenvalue weighted by Crippen LogP contribution is -2.48. The van der Waals surface area contributed by atoms with Gasteiger partial charge in [-0.15, -0.1) is 0 Å². The van der Waals surface area contributed by atoms with Gasteiger partial charge in [0, 0.05) is 18.7 Å². The fraction of sp³-hybridized carbons (Fsp3) is 0.360.